The fourth-order valence-electron chi connectivity index (χ4n) is 4.44. The zero-order valence-corrected chi connectivity index (χ0v) is 16.7. The molecular formula is C20H33NO4. The highest BCUT2D eigenvalue weighted by Crippen LogP contribution is 2.67. The minimum atomic E-state index is -0.573. The van der Waals surface area contributed by atoms with Crippen LogP contribution in [0.1, 0.15) is 61.3 Å². The van der Waals surface area contributed by atoms with Gasteiger partial charge in [0.25, 0.3) is 0 Å². The lowest BCUT2D eigenvalue weighted by atomic mass is 9.70. The summed E-state index contributed by atoms with van der Waals surface area (Å²) in [6.45, 7) is 18.7. The SMILES string of the molecule is C=C(NC(C)=O)C(=O)O[C@H]1[C@@H]2CC[C@](C)([C@H]1OCC(C)(C)C)C2(C)C. The van der Waals surface area contributed by atoms with Crippen LogP contribution in [0.5, 0.6) is 0 Å². The largest absolute Gasteiger partial charge is 0.455 e. The number of esters is 1. The topological polar surface area (TPSA) is 64.6 Å². The lowest BCUT2D eigenvalue weighted by Crippen LogP contribution is -2.45. The number of carbonyl (C=O) groups is 2. The smallest absolute Gasteiger partial charge is 0.354 e. The van der Waals surface area contributed by atoms with Gasteiger partial charge in [-0.25, -0.2) is 4.79 Å². The molecule has 0 radical (unpaired) electrons. The molecule has 2 fully saturated rings. The maximum Gasteiger partial charge on any atom is 0.354 e. The Morgan fingerprint density at radius 3 is 2.36 bits per heavy atom. The molecular weight excluding hydrogens is 318 g/mol. The molecule has 142 valence electrons. The van der Waals surface area contributed by atoms with Gasteiger partial charge in [0, 0.05) is 18.3 Å². The lowest BCUT2D eigenvalue weighted by Gasteiger charge is -2.40. The molecule has 25 heavy (non-hydrogen) atoms. The van der Waals surface area contributed by atoms with Crippen molar-refractivity contribution in [1.82, 2.24) is 5.32 Å². The molecule has 1 amide bonds. The van der Waals surface area contributed by atoms with Gasteiger partial charge in [0.05, 0.1) is 6.61 Å². The Balaban J connectivity index is 2.20. The Bertz CT molecular complexity index is 575. The monoisotopic (exact) mass is 351 g/mol. The molecule has 0 aromatic heterocycles. The van der Waals surface area contributed by atoms with E-state index in [2.05, 4.69) is 53.4 Å². The molecule has 4 atom stereocenters. The number of fused-ring (bicyclic) bond motifs is 2. The number of hydrogen-bond donors (Lipinski definition) is 1. The van der Waals surface area contributed by atoms with Crippen LogP contribution in [0.25, 0.3) is 0 Å². The molecule has 5 nitrogen and oxygen atoms in total. The Kier molecular flexibility index (Phi) is 5.12. The molecule has 0 heterocycles. The van der Waals surface area contributed by atoms with Gasteiger partial charge in [-0.1, -0.05) is 48.1 Å². The van der Waals surface area contributed by atoms with Gasteiger partial charge < -0.3 is 14.8 Å². The molecule has 1 N–H and O–H groups in total. The molecule has 2 rings (SSSR count). The van der Waals surface area contributed by atoms with Gasteiger partial charge in [-0.3, -0.25) is 4.79 Å². The van der Waals surface area contributed by atoms with Crippen LogP contribution in [0.15, 0.2) is 12.3 Å². The molecule has 5 heteroatoms. The second-order valence-electron chi connectivity index (χ2n) is 9.61. The first-order valence-corrected chi connectivity index (χ1v) is 9.09. The van der Waals surface area contributed by atoms with Crippen LogP contribution in [0, 0.1) is 22.2 Å². The summed E-state index contributed by atoms with van der Waals surface area (Å²) in [6.07, 6.45) is 1.63. The summed E-state index contributed by atoms with van der Waals surface area (Å²) in [5.74, 6) is -0.657. The first-order chi connectivity index (χ1) is 11.3. The molecule has 0 spiro atoms. The molecule has 0 aromatic rings. The third-order valence-corrected chi connectivity index (χ3v) is 6.21. The van der Waals surface area contributed by atoms with Crippen LogP contribution in [0.3, 0.4) is 0 Å². The number of amides is 1. The van der Waals surface area contributed by atoms with E-state index in [9.17, 15) is 9.59 Å². The van der Waals surface area contributed by atoms with Crippen LogP contribution in [0.2, 0.25) is 0 Å². The summed E-state index contributed by atoms with van der Waals surface area (Å²) in [5.41, 5.74) is 0.00297. The molecule has 0 unspecified atom stereocenters. The average molecular weight is 351 g/mol. The standard InChI is InChI=1S/C20H33NO4/c1-12(21-13(2)22)17(23)25-15-14-9-10-20(8,19(14,6)7)16(15)24-11-18(3,4)5/h14-16H,1,9-11H2,2-8H3,(H,21,22)/t14-,15-,16-,20+/m0/s1. The summed E-state index contributed by atoms with van der Waals surface area (Å²) in [4.78, 5) is 23.5. The van der Waals surface area contributed by atoms with E-state index < -0.39 is 5.97 Å². The van der Waals surface area contributed by atoms with E-state index in [0.29, 0.717) is 6.61 Å². The van der Waals surface area contributed by atoms with Crippen molar-refractivity contribution in [2.45, 2.75) is 73.5 Å². The second-order valence-corrected chi connectivity index (χ2v) is 9.61. The molecule has 0 aromatic carbocycles. The predicted molar refractivity (Wildman–Crippen MR) is 96.6 cm³/mol. The van der Waals surface area contributed by atoms with E-state index in [1.54, 1.807) is 0 Å². The van der Waals surface area contributed by atoms with Gasteiger partial charge in [0.2, 0.25) is 5.91 Å². The highest BCUT2D eigenvalue weighted by atomic mass is 16.6. The van der Waals surface area contributed by atoms with Crippen molar-refractivity contribution in [3.63, 3.8) is 0 Å². The summed E-state index contributed by atoms with van der Waals surface area (Å²) in [5, 5.41) is 2.41. The van der Waals surface area contributed by atoms with E-state index in [0.717, 1.165) is 12.8 Å². The molecule has 2 saturated carbocycles. The van der Waals surface area contributed by atoms with Gasteiger partial charge in [-0.05, 0) is 23.7 Å². The number of rotatable bonds is 5. The molecule has 2 aliphatic rings. The van der Waals surface area contributed by atoms with Crippen molar-refractivity contribution in [2.24, 2.45) is 22.2 Å². The quantitative estimate of drug-likeness (QED) is 0.609. The van der Waals surface area contributed by atoms with Crippen LogP contribution in [-0.2, 0) is 19.1 Å². The Morgan fingerprint density at radius 2 is 1.84 bits per heavy atom. The number of carbonyl (C=O) groups excluding carboxylic acids is 2. The third-order valence-electron chi connectivity index (χ3n) is 6.21. The Labute approximate surface area is 151 Å². The van der Waals surface area contributed by atoms with Gasteiger partial charge in [0.1, 0.15) is 17.9 Å². The molecule has 2 aliphatic carbocycles. The van der Waals surface area contributed by atoms with Gasteiger partial charge >= 0.3 is 5.97 Å². The van der Waals surface area contributed by atoms with Crippen molar-refractivity contribution in [1.29, 1.82) is 0 Å². The Hall–Kier alpha value is -1.36. The first-order valence-electron chi connectivity index (χ1n) is 9.09. The fraction of sp³-hybridized carbons (Fsp3) is 0.800. The maximum absolute atomic E-state index is 12.4. The number of ether oxygens (including phenoxy) is 2. The van der Waals surface area contributed by atoms with Gasteiger partial charge in [0.15, 0.2) is 0 Å². The lowest BCUT2D eigenvalue weighted by molar-refractivity contribution is -0.165. The molecule has 2 bridgehead atoms. The maximum atomic E-state index is 12.4. The van der Waals surface area contributed by atoms with E-state index in [1.165, 1.54) is 6.92 Å². The number of nitrogens with one attached hydrogen (secondary N) is 1. The zero-order valence-electron chi connectivity index (χ0n) is 16.7. The van der Waals surface area contributed by atoms with Crippen LogP contribution < -0.4 is 5.32 Å². The van der Waals surface area contributed by atoms with Crippen molar-refractivity contribution in [3.8, 4) is 0 Å². The second kappa shape index (κ2) is 6.42. The van der Waals surface area contributed by atoms with Crippen molar-refractivity contribution < 1.29 is 19.1 Å². The predicted octanol–water partition coefficient (Wildman–Crippen LogP) is 3.44. The van der Waals surface area contributed by atoms with E-state index in [-0.39, 0.29) is 46.0 Å². The summed E-state index contributed by atoms with van der Waals surface area (Å²) in [7, 11) is 0. The third kappa shape index (κ3) is 3.62. The Morgan fingerprint density at radius 1 is 1.24 bits per heavy atom. The van der Waals surface area contributed by atoms with E-state index >= 15 is 0 Å². The van der Waals surface area contributed by atoms with E-state index in [1.807, 2.05) is 0 Å². The zero-order chi connectivity index (χ0) is 19.2. The average Bonchev–Trinajstić information content (AvgIpc) is 2.74. The summed E-state index contributed by atoms with van der Waals surface area (Å²) < 4.78 is 12.1. The summed E-state index contributed by atoms with van der Waals surface area (Å²) >= 11 is 0. The normalized spacial score (nSPS) is 33.2. The van der Waals surface area contributed by atoms with Gasteiger partial charge in [-0.15, -0.1) is 0 Å². The van der Waals surface area contributed by atoms with Gasteiger partial charge in [-0.2, -0.15) is 0 Å². The van der Waals surface area contributed by atoms with Crippen LogP contribution in [0.4, 0.5) is 0 Å². The van der Waals surface area contributed by atoms with Crippen molar-refractivity contribution in [2.75, 3.05) is 6.61 Å². The highest BCUT2D eigenvalue weighted by Gasteiger charge is 2.68. The van der Waals surface area contributed by atoms with Crippen molar-refractivity contribution in [3.05, 3.63) is 12.3 Å². The minimum Gasteiger partial charge on any atom is -0.455 e. The first kappa shape index (κ1) is 20.0. The molecule has 0 saturated heterocycles. The molecule has 0 aliphatic heterocycles. The number of hydrogen-bond acceptors (Lipinski definition) is 4. The van der Waals surface area contributed by atoms with Crippen molar-refractivity contribution >= 4 is 11.9 Å². The summed E-state index contributed by atoms with van der Waals surface area (Å²) in [6, 6.07) is 0. The van der Waals surface area contributed by atoms with Crippen LogP contribution in [-0.4, -0.2) is 30.7 Å². The van der Waals surface area contributed by atoms with Crippen LogP contribution >= 0.6 is 0 Å². The minimum absolute atomic E-state index is 0.0206. The van der Waals surface area contributed by atoms with E-state index in [4.69, 9.17) is 9.47 Å². The fourth-order valence-corrected chi connectivity index (χ4v) is 4.44. The highest BCUT2D eigenvalue weighted by molar-refractivity contribution is 5.92.